The van der Waals surface area contributed by atoms with E-state index in [0.29, 0.717) is 6.54 Å². The molecule has 2 heterocycles. The van der Waals surface area contributed by atoms with Crippen LogP contribution in [0.4, 0.5) is 0 Å². The lowest BCUT2D eigenvalue weighted by atomic mass is 10.1. The van der Waals surface area contributed by atoms with E-state index < -0.39 is 6.10 Å². The van der Waals surface area contributed by atoms with E-state index in [9.17, 15) is 5.11 Å². The van der Waals surface area contributed by atoms with Crippen LogP contribution in [0.3, 0.4) is 0 Å². The molecule has 1 aromatic heterocycles. The van der Waals surface area contributed by atoms with Crippen molar-refractivity contribution in [2.45, 2.75) is 12.6 Å². The Labute approximate surface area is 148 Å². The van der Waals surface area contributed by atoms with Crippen molar-refractivity contribution in [3.63, 3.8) is 0 Å². The minimum atomic E-state index is -0.448. The standard InChI is InChI=1S/C19H26N2O2S/c22-19(17-5-2-1-3-6-17)16-21(15-18-7-4-14-24-18)9-8-20-10-12-23-13-11-20/h1-7,14,19,22H,8-13,15-16H2. The third kappa shape index (κ3) is 5.40. The zero-order chi connectivity index (χ0) is 16.6. The molecule has 0 aliphatic carbocycles. The molecule has 3 rings (SSSR count). The molecule has 0 saturated carbocycles. The third-order valence-electron chi connectivity index (χ3n) is 4.41. The summed E-state index contributed by atoms with van der Waals surface area (Å²) >= 11 is 1.78. The van der Waals surface area contributed by atoms with Gasteiger partial charge in [-0.25, -0.2) is 0 Å². The van der Waals surface area contributed by atoms with Gasteiger partial charge in [0, 0.05) is 44.1 Å². The number of hydrogen-bond acceptors (Lipinski definition) is 5. The number of nitrogens with zero attached hydrogens (tertiary/aromatic N) is 2. The van der Waals surface area contributed by atoms with Crippen LogP contribution < -0.4 is 0 Å². The number of thiophene rings is 1. The van der Waals surface area contributed by atoms with Crippen LogP contribution in [0.25, 0.3) is 0 Å². The Morgan fingerprint density at radius 3 is 2.62 bits per heavy atom. The number of rotatable bonds is 8. The van der Waals surface area contributed by atoms with Crippen molar-refractivity contribution >= 4 is 11.3 Å². The van der Waals surface area contributed by atoms with Gasteiger partial charge >= 0.3 is 0 Å². The minimum absolute atomic E-state index is 0.448. The number of hydrogen-bond donors (Lipinski definition) is 1. The topological polar surface area (TPSA) is 35.9 Å². The van der Waals surface area contributed by atoms with Gasteiger partial charge in [-0.3, -0.25) is 9.80 Å². The highest BCUT2D eigenvalue weighted by atomic mass is 32.1. The second-order valence-corrected chi connectivity index (χ2v) is 7.23. The van der Waals surface area contributed by atoms with E-state index >= 15 is 0 Å². The van der Waals surface area contributed by atoms with Gasteiger partial charge in [-0.2, -0.15) is 0 Å². The van der Waals surface area contributed by atoms with Crippen molar-refractivity contribution in [1.29, 1.82) is 0 Å². The van der Waals surface area contributed by atoms with Gasteiger partial charge in [-0.05, 0) is 17.0 Å². The summed E-state index contributed by atoms with van der Waals surface area (Å²) in [4.78, 5) is 6.15. The van der Waals surface area contributed by atoms with Crippen LogP contribution >= 0.6 is 11.3 Å². The summed E-state index contributed by atoms with van der Waals surface area (Å²) in [6.45, 7) is 7.22. The van der Waals surface area contributed by atoms with Gasteiger partial charge in [0.1, 0.15) is 0 Å². The van der Waals surface area contributed by atoms with E-state index in [1.165, 1.54) is 4.88 Å². The maximum Gasteiger partial charge on any atom is 0.0917 e. The first kappa shape index (κ1) is 17.6. The Balaban J connectivity index is 1.58. The molecule has 1 aliphatic rings. The van der Waals surface area contributed by atoms with Crippen molar-refractivity contribution in [3.05, 3.63) is 58.3 Å². The lowest BCUT2D eigenvalue weighted by Crippen LogP contribution is -2.42. The molecule has 4 nitrogen and oxygen atoms in total. The quantitative estimate of drug-likeness (QED) is 0.797. The molecule has 0 bridgehead atoms. The Kier molecular flexibility index (Phi) is 6.81. The van der Waals surface area contributed by atoms with Crippen LogP contribution in [0.2, 0.25) is 0 Å². The first-order valence-electron chi connectivity index (χ1n) is 8.59. The molecule has 1 saturated heterocycles. The molecule has 1 unspecified atom stereocenters. The fourth-order valence-electron chi connectivity index (χ4n) is 2.99. The summed E-state index contributed by atoms with van der Waals surface area (Å²) in [6.07, 6.45) is -0.448. The molecule has 0 radical (unpaired) electrons. The summed E-state index contributed by atoms with van der Waals surface area (Å²) in [5.74, 6) is 0. The number of benzene rings is 1. The molecular weight excluding hydrogens is 320 g/mol. The van der Waals surface area contributed by atoms with E-state index in [2.05, 4.69) is 27.3 Å². The molecule has 1 fully saturated rings. The predicted molar refractivity (Wildman–Crippen MR) is 98.3 cm³/mol. The van der Waals surface area contributed by atoms with Crippen LogP contribution in [-0.2, 0) is 11.3 Å². The SMILES string of the molecule is OC(CN(CCN1CCOCC1)Cc1cccs1)c1ccccc1. The van der Waals surface area contributed by atoms with Crippen molar-refractivity contribution in [3.8, 4) is 0 Å². The Bertz CT molecular complexity index is 570. The second kappa shape index (κ2) is 9.30. The Morgan fingerprint density at radius 2 is 1.92 bits per heavy atom. The number of aliphatic hydroxyl groups excluding tert-OH is 1. The first-order chi connectivity index (χ1) is 11.8. The van der Waals surface area contributed by atoms with Gasteiger partial charge in [0.2, 0.25) is 0 Å². The Hall–Kier alpha value is -1.24. The first-order valence-corrected chi connectivity index (χ1v) is 9.47. The summed E-state index contributed by atoms with van der Waals surface area (Å²) in [5.41, 5.74) is 0.986. The van der Waals surface area contributed by atoms with E-state index in [-0.39, 0.29) is 0 Å². The number of morpholine rings is 1. The van der Waals surface area contributed by atoms with Crippen molar-refractivity contribution in [1.82, 2.24) is 9.80 Å². The predicted octanol–water partition coefficient (Wildman–Crippen LogP) is 2.62. The average molecular weight is 346 g/mol. The highest BCUT2D eigenvalue weighted by Crippen LogP contribution is 2.17. The van der Waals surface area contributed by atoms with E-state index in [4.69, 9.17) is 4.74 Å². The molecule has 2 aromatic rings. The lowest BCUT2D eigenvalue weighted by Gasteiger charge is -2.30. The summed E-state index contributed by atoms with van der Waals surface area (Å²) in [5, 5.41) is 12.7. The molecule has 130 valence electrons. The zero-order valence-corrected chi connectivity index (χ0v) is 14.8. The lowest BCUT2D eigenvalue weighted by molar-refractivity contribution is 0.0292. The van der Waals surface area contributed by atoms with Crippen LogP contribution in [-0.4, -0.2) is 60.8 Å². The van der Waals surface area contributed by atoms with Crippen molar-refractivity contribution in [2.75, 3.05) is 45.9 Å². The summed E-state index contributed by atoms with van der Waals surface area (Å²) < 4.78 is 5.42. The maximum atomic E-state index is 10.6. The highest BCUT2D eigenvalue weighted by Gasteiger charge is 2.17. The van der Waals surface area contributed by atoms with Crippen LogP contribution in [0, 0.1) is 0 Å². The van der Waals surface area contributed by atoms with E-state index in [0.717, 1.165) is 51.5 Å². The Morgan fingerprint density at radius 1 is 1.12 bits per heavy atom. The zero-order valence-electron chi connectivity index (χ0n) is 14.0. The highest BCUT2D eigenvalue weighted by molar-refractivity contribution is 7.09. The fourth-order valence-corrected chi connectivity index (χ4v) is 3.74. The third-order valence-corrected chi connectivity index (χ3v) is 5.27. The second-order valence-electron chi connectivity index (χ2n) is 6.19. The number of aliphatic hydroxyl groups is 1. The minimum Gasteiger partial charge on any atom is -0.387 e. The van der Waals surface area contributed by atoms with Gasteiger partial charge in [-0.1, -0.05) is 36.4 Å². The van der Waals surface area contributed by atoms with Crippen molar-refractivity contribution < 1.29 is 9.84 Å². The molecule has 1 N–H and O–H groups in total. The average Bonchev–Trinajstić information content (AvgIpc) is 3.14. The molecule has 0 spiro atoms. The van der Waals surface area contributed by atoms with Crippen LogP contribution in [0.15, 0.2) is 47.8 Å². The smallest absolute Gasteiger partial charge is 0.0917 e. The molecule has 24 heavy (non-hydrogen) atoms. The van der Waals surface area contributed by atoms with Crippen LogP contribution in [0.5, 0.6) is 0 Å². The van der Waals surface area contributed by atoms with Gasteiger partial charge < -0.3 is 9.84 Å². The molecule has 1 aromatic carbocycles. The van der Waals surface area contributed by atoms with Gasteiger partial charge in [0.25, 0.3) is 0 Å². The van der Waals surface area contributed by atoms with Gasteiger partial charge in [-0.15, -0.1) is 11.3 Å². The maximum absolute atomic E-state index is 10.6. The van der Waals surface area contributed by atoms with Crippen molar-refractivity contribution in [2.24, 2.45) is 0 Å². The fraction of sp³-hybridized carbons (Fsp3) is 0.474. The molecule has 1 aliphatic heterocycles. The largest absolute Gasteiger partial charge is 0.387 e. The normalized spacial score (nSPS) is 17.2. The van der Waals surface area contributed by atoms with Gasteiger partial charge in [0.05, 0.1) is 19.3 Å². The number of ether oxygens (including phenoxy) is 1. The molecule has 5 heteroatoms. The van der Waals surface area contributed by atoms with E-state index in [1.807, 2.05) is 30.3 Å². The monoisotopic (exact) mass is 346 g/mol. The van der Waals surface area contributed by atoms with E-state index in [1.54, 1.807) is 11.3 Å². The molecule has 1 atom stereocenters. The summed E-state index contributed by atoms with van der Waals surface area (Å²) in [6, 6.07) is 14.2. The molecule has 0 amide bonds. The summed E-state index contributed by atoms with van der Waals surface area (Å²) in [7, 11) is 0. The molecular formula is C19H26N2O2S. The van der Waals surface area contributed by atoms with Crippen LogP contribution in [0.1, 0.15) is 16.5 Å². The van der Waals surface area contributed by atoms with Gasteiger partial charge in [0.15, 0.2) is 0 Å².